The summed E-state index contributed by atoms with van der Waals surface area (Å²) >= 11 is 0. The van der Waals surface area contributed by atoms with Gasteiger partial charge in [-0.25, -0.2) is 0 Å². The van der Waals surface area contributed by atoms with Gasteiger partial charge in [-0.05, 0) is 68.5 Å². The van der Waals surface area contributed by atoms with Crippen LogP contribution in [0.2, 0.25) is 0 Å². The Morgan fingerprint density at radius 1 is 1.20 bits per heavy atom. The highest BCUT2D eigenvalue weighted by molar-refractivity contribution is 5.94. The fourth-order valence-corrected chi connectivity index (χ4v) is 3.62. The topological polar surface area (TPSA) is 52.6 Å². The molecule has 1 aliphatic rings. The SMILES string of the molecule is CC(C)c1ccc(N[C@H]2CCCN(C(=O)c3cccc(C#CC(C)(C)O)c3)C2)cc1. The van der Waals surface area contributed by atoms with Crippen molar-refractivity contribution in [3.05, 3.63) is 65.2 Å². The molecule has 4 nitrogen and oxygen atoms in total. The molecule has 0 radical (unpaired) electrons. The number of carbonyl (C=O) groups is 1. The van der Waals surface area contributed by atoms with Gasteiger partial charge in [-0.15, -0.1) is 0 Å². The van der Waals surface area contributed by atoms with Gasteiger partial charge in [0.25, 0.3) is 5.91 Å². The summed E-state index contributed by atoms with van der Waals surface area (Å²) in [4.78, 5) is 15.0. The lowest BCUT2D eigenvalue weighted by molar-refractivity contribution is 0.0714. The first kappa shape index (κ1) is 21.9. The maximum Gasteiger partial charge on any atom is 0.253 e. The Kier molecular flexibility index (Phi) is 6.84. The van der Waals surface area contributed by atoms with E-state index in [1.807, 2.05) is 29.2 Å². The van der Waals surface area contributed by atoms with E-state index in [9.17, 15) is 9.90 Å². The van der Waals surface area contributed by atoms with Crippen LogP contribution in [0.4, 0.5) is 5.69 Å². The molecule has 158 valence electrons. The molecule has 0 spiro atoms. The third-order valence-electron chi connectivity index (χ3n) is 5.28. The van der Waals surface area contributed by atoms with E-state index >= 15 is 0 Å². The van der Waals surface area contributed by atoms with Crippen molar-refractivity contribution in [2.75, 3.05) is 18.4 Å². The van der Waals surface area contributed by atoms with Gasteiger partial charge in [0.2, 0.25) is 0 Å². The molecule has 0 aliphatic carbocycles. The summed E-state index contributed by atoms with van der Waals surface area (Å²) in [6.07, 6.45) is 2.03. The Labute approximate surface area is 180 Å². The predicted molar refractivity (Wildman–Crippen MR) is 123 cm³/mol. The van der Waals surface area contributed by atoms with E-state index < -0.39 is 5.60 Å². The van der Waals surface area contributed by atoms with E-state index in [-0.39, 0.29) is 11.9 Å². The maximum absolute atomic E-state index is 13.1. The first-order valence-corrected chi connectivity index (χ1v) is 10.7. The monoisotopic (exact) mass is 404 g/mol. The summed E-state index contributed by atoms with van der Waals surface area (Å²) < 4.78 is 0. The largest absolute Gasteiger partial charge is 0.381 e. The number of likely N-dealkylation sites (tertiary alicyclic amines) is 1. The number of benzene rings is 2. The summed E-state index contributed by atoms with van der Waals surface area (Å²) in [5, 5.41) is 13.4. The van der Waals surface area contributed by atoms with Gasteiger partial charge in [-0.2, -0.15) is 0 Å². The first-order chi connectivity index (χ1) is 14.2. The molecular weight excluding hydrogens is 372 g/mol. The van der Waals surface area contributed by atoms with Crippen molar-refractivity contribution in [1.82, 2.24) is 4.90 Å². The van der Waals surface area contributed by atoms with E-state index in [0.29, 0.717) is 18.0 Å². The van der Waals surface area contributed by atoms with Crippen molar-refractivity contribution in [3.8, 4) is 11.8 Å². The Morgan fingerprint density at radius 3 is 2.60 bits per heavy atom. The summed E-state index contributed by atoms with van der Waals surface area (Å²) in [6, 6.07) is 16.2. The lowest BCUT2D eigenvalue weighted by Gasteiger charge is -2.34. The van der Waals surface area contributed by atoms with E-state index in [1.54, 1.807) is 13.8 Å². The standard InChI is InChI=1S/C26H32N2O2/c1-19(2)21-10-12-23(13-11-21)27-24-9-6-16-28(18-24)25(29)22-8-5-7-20(17-22)14-15-26(3,4)30/h5,7-8,10-13,17,19,24,27,30H,6,9,16,18H2,1-4H3/t24-/m0/s1. The Hall–Kier alpha value is -2.77. The van der Waals surface area contributed by atoms with Gasteiger partial charge in [0.15, 0.2) is 0 Å². The van der Waals surface area contributed by atoms with Crippen LogP contribution >= 0.6 is 0 Å². The van der Waals surface area contributed by atoms with Crippen LogP contribution in [0.1, 0.15) is 67.9 Å². The number of anilines is 1. The van der Waals surface area contributed by atoms with Crippen LogP contribution in [0, 0.1) is 11.8 Å². The summed E-state index contributed by atoms with van der Waals surface area (Å²) in [6.45, 7) is 9.13. The van der Waals surface area contributed by atoms with Crippen molar-refractivity contribution >= 4 is 11.6 Å². The molecule has 2 aromatic rings. The molecule has 0 saturated carbocycles. The molecule has 0 unspecified atom stereocenters. The Balaban J connectivity index is 1.66. The number of amides is 1. The number of rotatable bonds is 4. The lowest BCUT2D eigenvalue weighted by atomic mass is 10.0. The number of aliphatic hydroxyl groups is 1. The normalized spacial score (nSPS) is 16.7. The molecule has 1 aliphatic heterocycles. The average Bonchev–Trinajstić information content (AvgIpc) is 2.72. The lowest BCUT2D eigenvalue weighted by Crippen LogP contribution is -2.45. The minimum absolute atomic E-state index is 0.0311. The molecule has 1 amide bonds. The second-order valence-corrected chi connectivity index (χ2v) is 8.90. The van der Waals surface area contributed by atoms with E-state index in [4.69, 9.17) is 0 Å². The molecule has 1 saturated heterocycles. The van der Waals surface area contributed by atoms with Crippen molar-refractivity contribution in [1.29, 1.82) is 0 Å². The van der Waals surface area contributed by atoms with Crippen LogP contribution in [-0.4, -0.2) is 40.6 Å². The summed E-state index contributed by atoms with van der Waals surface area (Å²) in [5.41, 5.74) is 2.75. The predicted octanol–water partition coefficient (Wildman–Crippen LogP) is 4.65. The maximum atomic E-state index is 13.1. The Morgan fingerprint density at radius 2 is 1.93 bits per heavy atom. The zero-order valence-corrected chi connectivity index (χ0v) is 18.4. The fraction of sp³-hybridized carbons (Fsp3) is 0.423. The van der Waals surface area contributed by atoms with Gasteiger partial charge < -0.3 is 15.3 Å². The van der Waals surface area contributed by atoms with Gasteiger partial charge in [0.05, 0.1) is 0 Å². The molecule has 30 heavy (non-hydrogen) atoms. The molecule has 1 heterocycles. The molecule has 0 bridgehead atoms. The second kappa shape index (κ2) is 9.36. The average molecular weight is 405 g/mol. The highest BCUT2D eigenvalue weighted by Gasteiger charge is 2.24. The molecule has 3 rings (SSSR count). The Bertz CT molecular complexity index is 930. The molecule has 1 atom stereocenters. The van der Waals surface area contributed by atoms with Crippen molar-refractivity contribution in [3.63, 3.8) is 0 Å². The number of piperidine rings is 1. The zero-order valence-electron chi connectivity index (χ0n) is 18.4. The minimum atomic E-state index is -1.06. The van der Waals surface area contributed by atoms with Crippen LogP contribution in [0.15, 0.2) is 48.5 Å². The third-order valence-corrected chi connectivity index (χ3v) is 5.28. The summed E-state index contributed by atoms with van der Waals surface area (Å²) in [5.74, 6) is 6.30. The quantitative estimate of drug-likeness (QED) is 0.730. The third kappa shape index (κ3) is 6.11. The number of nitrogens with zero attached hydrogens (tertiary/aromatic N) is 1. The number of hydrogen-bond donors (Lipinski definition) is 2. The molecule has 1 fully saturated rings. The van der Waals surface area contributed by atoms with Crippen molar-refractivity contribution in [2.24, 2.45) is 0 Å². The fourth-order valence-electron chi connectivity index (χ4n) is 3.62. The number of carbonyl (C=O) groups excluding carboxylic acids is 1. The van der Waals surface area contributed by atoms with Gasteiger partial charge in [0.1, 0.15) is 5.60 Å². The second-order valence-electron chi connectivity index (χ2n) is 8.90. The molecule has 4 heteroatoms. The molecular formula is C26H32N2O2. The van der Waals surface area contributed by atoms with Crippen LogP contribution in [0.5, 0.6) is 0 Å². The number of hydrogen-bond acceptors (Lipinski definition) is 3. The van der Waals surface area contributed by atoms with Crippen LogP contribution in [0.25, 0.3) is 0 Å². The summed E-state index contributed by atoms with van der Waals surface area (Å²) in [7, 11) is 0. The van der Waals surface area contributed by atoms with Crippen LogP contribution in [-0.2, 0) is 0 Å². The van der Waals surface area contributed by atoms with Gasteiger partial charge in [0, 0.05) is 35.9 Å². The van der Waals surface area contributed by atoms with E-state index in [2.05, 4.69) is 55.3 Å². The zero-order chi connectivity index (χ0) is 21.7. The molecule has 2 N–H and O–H groups in total. The van der Waals surface area contributed by atoms with E-state index in [1.165, 1.54) is 5.56 Å². The molecule has 2 aromatic carbocycles. The first-order valence-electron chi connectivity index (χ1n) is 10.7. The van der Waals surface area contributed by atoms with Gasteiger partial charge in [-0.1, -0.05) is 43.9 Å². The number of nitrogens with one attached hydrogen (secondary N) is 1. The van der Waals surface area contributed by atoms with Crippen LogP contribution in [0.3, 0.4) is 0 Å². The van der Waals surface area contributed by atoms with Crippen molar-refractivity contribution in [2.45, 2.75) is 58.1 Å². The minimum Gasteiger partial charge on any atom is -0.381 e. The van der Waals surface area contributed by atoms with Crippen molar-refractivity contribution < 1.29 is 9.90 Å². The highest BCUT2D eigenvalue weighted by Crippen LogP contribution is 2.21. The van der Waals surface area contributed by atoms with Crippen LogP contribution < -0.4 is 5.32 Å². The van der Waals surface area contributed by atoms with Gasteiger partial charge >= 0.3 is 0 Å². The molecule has 0 aromatic heterocycles. The van der Waals surface area contributed by atoms with E-state index in [0.717, 1.165) is 30.6 Å². The smallest absolute Gasteiger partial charge is 0.253 e. The highest BCUT2D eigenvalue weighted by atomic mass is 16.3. The van der Waals surface area contributed by atoms with Gasteiger partial charge in [-0.3, -0.25) is 4.79 Å².